The number of amides is 1. The number of hydrogen-bond acceptors (Lipinski definition) is 3. The minimum absolute atomic E-state index is 0.299. The summed E-state index contributed by atoms with van der Waals surface area (Å²) >= 11 is 0. The van der Waals surface area contributed by atoms with Crippen LogP contribution in [0.25, 0.3) is 0 Å². The molecule has 0 aliphatic rings. The van der Waals surface area contributed by atoms with Crippen molar-refractivity contribution in [2.45, 2.75) is 18.5 Å². The molecule has 0 saturated heterocycles. The molecular weight excluding hydrogens is 232 g/mol. The molecule has 0 heterocycles. The van der Waals surface area contributed by atoms with Gasteiger partial charge in [0.25, 0.3) is 0 Å². The van der Waals surface area contributed by atoms with E-state index >= 15 is 0 Å². The van der Waals surface area contributed by atoms with Gasteiger partial charge >= 0.3 is 5.97 Å². The Hall–Kier alpha value is -2.14. The van der Waals surface area contributed by atoms with Crippen molar-refractivity contribution in [3.63, 3.8) is 0 Å². The highest BCUT2D eigenvalue weighted by atomic mass is 16.4. The first kappa shape index (κ1) is 13.9. The second kappa shape index (κ2) is 6.56. The number of carboxylic acids is 1. The van der Waals surface area contributed by atoms with Gasteiger partial charge in [0.1, 0.15) is 0 Å². The number of carbonyl (C=O) groups is 2. The summed E-state index contributed by atoms with van der Waals surface area (Å²) in [6.45, 7) is 3.48. The van der Waals surface area contributed by atoms with Gasteiger partial charge in [-0.15, -0.1) is 6.58 Å². The predicted molar refractivity (Wildman–Crippen MR) is 67.8 cm³/mol. The van der Waals surface area contributed by atoms with Crippen molar-refractivity contribution >= 4 is 11.9 Å². The van der Waals surface area contributed by atoms with E-state index in [1.807, 2.05) is 0 Å². The van der Waals surface area contributed by atoms with Crippen molar-refractivity contribution in [2.75, 3.05) is 0 Å². The van der Waals surface area contributed by atoms with Crippen molar-refractivity contribution in [1.82, 2.24) is 5.32 Å². The van der Waals surface area contributed by atoms with Crippen LogP contribution in [0.5, 0.6) is 0 Å². The molecule has 5 heteroatoms. The first-order valence-electron chi connectivity index (χ1n) is 5.51. The zero-order valence-electron chi connectivity index (χ0n) is 9.87. The Kier molecular flexibility index (Phi) is 5.07. The van der Waals surface area contributed by atoms with Crippen molar-refractivity contribution < 1.29 is 14.7 Å². The molecule has 0 aromatic heterocycles. The quantitative estimate of drug-likeness (QED) is 0.650. The maximum Gasteiger partial charge on any atom is 0.330 e. The third-order valence-corrected chi connectivity index (χ3v) is 2.42. The van der Waals surface area contributed by atoms with E-state index in [9.17, 15) is 9.59 Å². The Morgan fingerprint density at radius 1 is 1.39 bits per heavy atom. The van der Waals surface area contributed by atoms with Crippen molar-refractivity contribution in [3.8, 4) is 0 Å². The van der Waals surface area contributed by atoms with Crippen LogP contribution < -0.4 is 11.1 Å². The summed E-state index contributed by atoms with van der Waals surface area (Å²) in [6, 6.07) is 6.59. The first-order chi connectivity index (χ1) is 8.56. The summed E-state index contributed by atoms with van der Waals surface area (Å²) < 4.78 is 0. The average molecular weight is 248 g/mol. The van der Waals surface area contributed by atoms with Gasteiger partial charge in [-0.3, -0.25) is 4.79 Å². The van der Waals surface area contributed by atoms with E-state index in [0.717, 1.165) is 0 Å². The van der Waals surface area contributed by atoms with E-state index in [2.05, 4.69) is 11.9 Å². The van der Waals surface area contributed by atoms with Crippen LogP contribution >= 0.6 is 0 Å². The molecule has 1 unspecified atom stereocenters. The zero-order chi connectivity index (χ0) is 13.5. The Bertz CT molecular complexity index is 431. The molecule has 4 N–H and O–H groups in total. The molecule has 2 atom stereocenters. The van der Waals surface area contributed by atoms with Crippen LogP contribution in [0, 0.1) is 0 Å². The van der Waals surface area contributed by atoms with Crippen molar-refractivity contribution in [3.05, 3.63) is 48.6 Å². The highest BCUT2D eigenvalue weighted by Crippen LogP contribution is 2.12. The Morgan fingerprint density at radius 3 is 2.50 bits per heavy atom. The molecule has 1 amide bonds. The lowest BCUT2D eigenvalue weighted by molar-refractivity contribution is -0.142. The van der Waals surface area contributed by atoms with Gasteiger partial charge in [0, 0.05) is 0 Å². The minimum atomic E-state index is -1.12. The summed E-state index contributed by atoms with van der Waals surface area (Å²) in [5.74, 6) is -1.63. The molecule has 0 saturated carbocycles. The van der Waals surface area contributed by atoms with Crippen molar-refractivity contribution in [2.24, 2.45) is 5.73 Å². The van der Waals surface area contributed by atoms with Crippen LogP contribution in [0.15, 0.2) is 43.0 Å². The number of carbonyl (C=O) groups excluding carboxylic acids is 1. The summed E-state index contributed by atoms with van der Waals surface area (Å²) in [4.78, 5) is 22.8. The summed E-state index contributed by atoms with van der Waals surface area (Å²) in [7, 11) is 0. The van der Waals surface area contributed by atoms with Crippen LogP contribution in [0.4, 0.5) is 0 Å². The average Bonchev–Trinajstić information content (AvgIpc) is 2.36. The number of aliphatic carboxylic acids is 1. The molecule has 0 spiro atoms. The third kappa shape index (κ3) is 3.71. The monoisotopic (exact) mass is 248 g/mol. The SMILES string of the molecule is C=CCC(N)C(=O)N[C@@H](C(=O)O)c1ccccc1. The molecule has 5 nitrogen and oxygen atoms in total. The molecular formula is C13H16N2O3. The second-order valence-corrected chi connectivity index (χ2v) is 3.82. The second-order valence-electron chi connectivity index (χ2n) is 3.82. The molecule has 1 aromatic rings. The smallest absolute Gasteiger partial charge is 0.330 e. The predicted octanol–water partition coefficient (Wildman–Crippen LogP) is 0.832. The molecule has 0 bridgehead atoms. The summed E-state index contributed by atoms with van der Waals surface area (Å²) in [5, 5.41) is 11.5. The summed E-state index contributed by atoms with van der Waals surface area (Å²) in [6.07, 6.45) is 1.81. The Morgan fingerprint density at radius 2 is 2.00 bits per heavy atom. The highest BCUT2D eigenvalue weighted by Gasteiger charge is 2.23. The van der Waals surface area contributed by atoms with Crippen LogP contribution in [-0.2, 0) is 9.59 Å². The van der Waals surface area contributed by atoms with E-state index in [-0.39, 0.29) is 0 Å². The molecule has 1 aromatic carbocycles. The van der Waals surface area contributed by atoms with Gasteiger partial charge in [-0.05, 0) is 12.0 Å². The van der Waals surface area contributed by atoms with E-state index in [1.54, 1.807) is 30.3 Å². The number of nitrogens with one attached hydrogen (secondary N) is 1. The fraction of sp³-hybridized carbons (Fsp3) is 0.231. The maximum absolute atomic E-state index is 11.7. The number of benzene rings is 1. The topological polar surface area (TPSA) is 92.4 Å². The zero-order valence-corrected chi connectivity index (χ0v) is 9.87. The fourth-order valence-electron chi connectivity index (χ4n) is 1.47. The maximum atomic E-state index is 11.7. The first-order valence-corrected chi connectivity index (χ1v) is 5.51. The number of carboxylic acid groups (broad SMARTS) is 1. The third-order valence-electron chi connectivity index (χ3n) is 2.42. The molecule has 18 heavy (non-hydrogen) atoms. The van der Waals surface area contributed by atoms with Crippen LogP contribution in [0.3, 0.4) is 0 Å². The fourth-order valence-corrected chi connectivity index (χ4v) is 1.47. The lowest BCUT2D eigenvalue weighted by Crippen LogP contribution is -2.44. The standard InChI is InChI=1S/C13H16N2O3/c1-2-6-10(14)12(16)15-11(13(17)18)9-7-4-3-5-8-9/h2-5,7-8,10-11H,1,6,14H2,(H,15,16)(H,17,18)/t10?,11-/m1/s1. The normalized spacial score (nSPS) is 13.4. The van der Waals surface area contributed by atoms with E-state index in [1.165, 1.54) is 6.08 Å². The van der Waals surface area contributed by atoms with Gasteiger partial charge < -0.3 is 16.2 Å². The van der Waals surface area contributed by atoms with Crippen LogP contribution in [-0.4, -0.2) is 23.0 Å². The highest BCUT2D eigenvalue weighted by molar-refractivity contribution is 5.87. The van der Waals surface area contributed by atoms with Crippen LogP contribution in [0.2, 0.25) is 0 Å². The number of rotatable bonds is 6. The molecule has 1 rings (SSSR count). The lowest BCUT2D eigenvalue weighted by Gasteiger charge is -2.17. The van der Waals surface area contributed by atoms with Gasteiger partial charge in [0.05, 0.1) is 6.04 Å². The van der Waals surface area contributed by atoms with Crippen molar-refractivity contribution in [1.29, 1.82) is 0 Å². The van der Waals surface area contributed by atoms with E-state index < -0.39 is 24.0 Å². The van der Waals surface area contributed by atoms with Gasteiger partial charge in [-0.2, -0.15) is 0 Å². The van der Waals surface area contributed by atoms with Gasteiger partial charge in [-0.25, -0.2) is 4.79 Å². The Labute approximate surface area is 105 Å². The minimum Gasteiger partial charge on any atom is -0.479 e. The van der Waals surface area contributed by atoms with Gasteiger partial charge in [0.2, 0.25) is 5.91 Å². The number of hydrogen-bond donors (Lipinski definition) is 3. The lowest BCUT2D eigenvalue weighted by atomic mass is 10.1. The van der Waals surface area contributed by atoms with E-state index in [4.69, 9.17) is 10.8 Å². The molecule has 96 valence electrons. The largest absolute Gasteiger partial charge is 0.479 e. The molecule has 0 aliphatic heterocycles. The van der Waals surface area contributed by atoms with Gasteiger partial charge in [0.15, 0.2) is 6.04 Å². The summed E-state index contributed by atoms with van der Waals surface area (Å²) in [5.41, 5.74) is 6.08. The molecule has 0 fully saturated rings. The Balaban J connectivity index is 2.79. The van der Waals surface area contributed by atoms with E-state index in [0.29, 0.717) is 12.0 Å². The molecule has 0 radical (unpaired) electrons. The number of nitrogens with two attached hydrogens (primary N) is 1. The molecule has 0 aliphatic carbocycles. The van der Waals surface area contributed by atoms with Gasteiger partial charge in [-0.1, -0.05) is 36.4 Å². The van der Waals surface area contributed by atoms with Crippen LogP contribution in [0.1, 0.15) is 18.0 Å².